The second-order valence-electron chi connectivity index (χ2n) is 1.60. The van der Waals surface area contributed by atoms with Gasteiger partial charge in [-0.15, -0.1) is 0 Å². The number of rotatable bonds is 3. The van der Waals surface area contributed by atoms with Gasteiger partial charge in [0.2, 0.25) is 0 Å². The lowest BCUT2D eigenvalue weighted by Gasteiger charge is -2.07. The molecule has 2 atom stereocenters. The van der Waals surface area contributed by atoms with E-state index in [1.54, 1.807) is 6.92 Å². The van der Waals surface area contributed by atoms with E-state index in [0.29, 0.717) is 6.42 Å². The summed E-state index contributed by atoms with van der Waals surface area (Å²) >= 11 is 1.17. The molecule has 8 heavy (non-hydrogen) atoms. The van der Waals surface area contributed by atoms with Crippen molar-refractivity contribution < 1.29 is 10.2 Å². The summed E-state index contributed by atoms with van der Waals surface area (Å²) in [5.74, 6) is 0. The van der Waals surface area contributed by atoms with Crippen molar-refractivity contribution in [2.24, 2.45) is 0 Å². The van der Waals surface area contributed by atoms with Crippen molar-refractivity contribution in [1.29, 1.82) is 0 Å². The summed E-state index contributed by atoms with van der Waals surface area (Å²) in [7, 11) is 0. The van der Waals surface area contributed by atoms with Gasteiger partial charge in [0.15, 0.2) is 0 Å². The van der Waals surface area contributed by atoms with Gasteiger partial charge >= 0.3 is 0 Å². The average Bonchev–Trinajstić information content (AvgIpc) is 1.65. The topological polar surface area (TPSA) is 40.5 Å². The van der Waals surface area contributed by atoms with E-state index in [-0.39, 0.29) is 0 Å². The lowest BCUT2D eigenvalue weighted by molar-refractivity contribution is 0.241. The lowest BCUT2D eigenvalue weighted by atomic mass is 10.5. The van der Waals surface area contributed by atoms with Crippen LogP contribution >= 0.6 is 11.8 Å². The predicted octanol–water partition coefficient (Wildman–Crippen LogP) is 0.786. The number of aliphatic hydroxyl groups is 2. The molecule has 3 heteroatoms. The molecule has 0 radical (unpaired) electrons. The summed E-state index contributed by atoms with van der Waals surface area (Å²) in [6.45, 7) is 3.52. The highest BCUT2D eigenvalue weighted by Crippen LogP contribution is 2.14. The Hall–Kier alpha value is 0.270. The van der Waals surface area contributed by atoms with E-state index in [1.807, 2.05) is 6.92 Å². The highest BCUT2D eigenvalue weighted by Gasteiger charge is 2.03. The van der Waals surface area contributed by atoms with Crippen LogP contribution in [0.3, 0.4) is 0 Å². The quantitative estimate of drug-likeness (QED) is 0.563. The van der Waals surface area contributed by atoms with E-state index in [4.69, 9.17) is 10.2 Å². The Bertz CT molecular complexity index is 56.4. The van der Waals surface area contributed by atoms with E-state index >= 15 is 0 Å². The molecular formula is C5H12O2S. The molecule has 0 aliphatic carbocycles. The molecule has 0 heterocycles. The normalized spacial score (nSPS) is 18.0. The zero-order valence-corrected chi connectivity index (χ0v) is 5.98. The van der Waals surface area contributed by atoms with Crippen molar-refractivity contribution in [3.05, 3.63) is 0 Å². The summed E-state index contributed by atoms with van der Waals surface area (Å²) in [6, 6.07) is 0. The zero-order chi connectivity index (χ0) is 6.57. The SMILES string of the molecule is CC[C@@H](O)S[C@H](C)O. The monoisotopic (exact) mass is 136 g/mol. The average molecular weight is 136 g/mol. The summed E-state index contributed by atoms with van der Waals surface area (Å²) in [5, 5.41) is 17.5. The first-order chi connectivity index (χ1) is 3.66. The first-order valence-corrected chi connectivity index (χ1v) is 3.62. The molecule has 0 aromatic carbocycles. The summed E-state index contributed by atoms with van der Waals surface area (Å²) in [4.78, 5) is 0. The molecule has 50 valence electrons. The van der Waals surface area contributed by atoms with Crippen molar-refractivity contribution in [1.82, 2.24) is 0 Å². The van der Waals surface area contributed by atoms with Gasteiger partial charge in [-0.1, -0.05) is 18.7 Å². The molecule has 0 saturated heterocycles. The number of hydrogen-bond acceptors (Lipinski definition) is 3. The molecule has 0 aliphatic heterocycles. The van der Waals surface area contributed by atoms with Crippen LogP contribution in [-0.4, -0.2) is 21.1 Å². The Labute approximate surface area is 53.9 Å². The van der Waals surface area contributed by atoms with Crippen LogP contribution in [-0.2, 0) is 0 Å². The van der Waals surface area contributed by atoms with Crippen LogP contribution in [0.15, 0.2) is 0 Å². The third-order valence-electron chi connectivity index (χ3n) is 0.703. The molecule has 0 aromatic heterocycles. The zero-order valence-electron chi connectivity index (χ0n) is 5.16. The van der Waals surface area contributed by atoms with E-state index in [9.17, 15) is 0 Å². The van der Waals surface area contributed by atoms with Crippen LogP contribution in [0.2, 0.25) is 0 Å². The van der Waals surface area contributed by atoms with Crippen LogP contribution in [0.25, 0.3) is 0 Å². The highest BCUT2D eigenvalue weighted by molar-refractivity contribution is 8.00. The molecule has 0 amide bonds. The second-order valence-corrected chi connectivity index (χ2v) is 3.10. The fraction of sp³-hybridized carbons (Fsp3) is 1.00. The fourth-order valence-corrected chi connectivity index (χ4v) is 0.971. The van der Waals surface area contributed by atoms with Gasteiger partial charge in [0.1, 0.15) is 5.44 Å². The molecule has 0 unspecified atom stereocenters. The van der Waals surface area contributed by atoms with Gasteiger partial charge in [-0.3, -0.25) is 0 Å². The molecule has 0 fully saturated rings. The molecule has 0 aliphatic rings. The third-order valence-corrected chi connectivity index (χ3v) is 1.74. The largest absolute Gasteiger partial charge is 0.383 e. The van der Waals surface area contributed by atoms with Crippen molar-refractivity contribution in [3.8, 4) is 0 Å². The number of aliphatic hydroxyl groups excluding tert-OH is 2. The van der Waals surface area contributed by atoms with Gasteiger partial charge in [-0.05, 0) is 13.3 Å². The fourth-order valence-electron chi connectivity index (χ4n) is 0.324. The molecule has 0 rings (SSSR count). The molecular weight excluding hydrogens is 124 g/mol. The molecule has 0 spiro atoms. The smallest absolute Gasteiger partial charge is 0.101 e. The Morgan fingerprint density at radius 1 is 1.50 bits per heavy atom. The summed E-state index contributed by atoms with van der Waals surface area (Å²) in [6.07, 6.45) is 0.690. The minimum absolute atomic E-state index is 0.407. The lowest BCUT2D eigenvalue weighted by Crippen LogP contribution is -2.04. The van der Waals surface area contributed by atoms with Crippen molar-refractivity contribution >= 4 is 11.8 Å². The summed E-state index contributed by atoms with van der Waals surface area (Å²) < 4.78 is 0. The number of thioether (sulfide) groups is 1. The molecule has 0 saturated carbocycles. The van der Waals surface area contributed by atoms with E-state index < -0.39 is 10.9 Å². The van der Waals surface area contributed by atoms with Gasteiger partial charge in [-0.25, -0.2) is 0 Å². The predicted molar refractivity (Wildman–Crippen MR) is 35.6 cm³/mol. The van der Waals surface area contributed by atoms with Crippen LogP contribution < -0.4 is 0 Å². The van der Waals surface area contributed by atoms with E-state index in [0.717, 1.165) is 0 Å². The maximum absolute atomic E-state index is 8.83. The molecule has 2 N–H and O–H groups in total. The molecule has 0 bridgehead atoms. The Morgan fingerprint density at radius 3 is 2.12 bits per heavy atom. The third kappa shape index (κ3) is 4.43. The van der Waals surface area contributed by atoms with E-state index in [2.05, 4.69) is 0 Å². The van der Waals surface area contributed by atoms with Crippen molar-refractivity contribution in [2.75, 3.05) is 0 Å². The Morgan fingerprint density at radius 2 is 2.00 bits per heavy atom. The van der Waals surface area contributed by atoms with Crippen LogP contribution in [0.4, 0.5) is 0 Å². The molecule has 2 nitrogen and oxygen atoms in total. The number of hydrogen-bond donors (Lipinski definition) is 2. The molecule has 0 aromatic rings. The van der Waals surface area contributed by atoms with E-state index in [1.165, 1.54) is 11.8 Å². The Kier molecular flexibility index (Phi) is 4.32. The first kappa shape index (κ1) is 8.27. The second kappa shape index (κ2) is 4.18. The van der Waals surface area contributed by atoms with Crippen LogP contribution in [0.5, 0.6) is 0 Å². The summed E-state index contributed by atoms with van der Waals surface area (Å²) in [5.41, 5.74) is -0.861. The Balaban J connectivity index is 3.10. The van der Waals surface area contributed by atoms with Gasteiger partial charge in [-0.2, -0.15) is 0 Å². The minimum atomic E-state index is -0.454. The minimum Gasteiger partial charge on any atom is -0.383 e. The van der Waals surface area contributed by atoms with Gasteiger partial charge < -0.3 is 10.2 Å². The van der Waals surface area contributed by atoms with Crippen LogP contribution in [0, 0.1) is 0 Å². The highest BCUT2D eigenvalue weighted by atomic mass is 32.2. The maximum Gasteiger partial charge on any atom is 0.101 e. The van der Waals surface area contributed by atoms with Gasteiger partial charge in [0.05, 0.1) is 5.44 Å². The van der Waals surface area contributed by atoms with Crippen LogP contribution in [0.1, 0.15) is 20.3 Å². The van der Waals surface area contributed by atoms with Crippen molar-refractivity contribution in [2.45, 2.75) is 31.1 Å². The maximum atomic E-state index is 8.83. The standard InChI is InChI=1S/C5H12O2S/c1-3-5(7)8-4(2)6/h4-7H,3H2,1-2H3/t4-,5+/m1/s1. The first-order valence-electron chi connectivity index (χ1n) is 2.68. The van der Waals surface area contributed by atoms with Gasteiger partial charge in [0, 0.05) is 0 Å². The van der Waals surface area contributed by atoms with Crippen molar-refractivity contribution in [3.63, 3.8) is 0 Å². The van der Waals surface area contributed by atoms with Gasteiger partial charge in [0.25, 0.3) is 0 Å².